The molecule has 2 unspecified atom stereocenters. The van der Waals surface area contributed by atoms with E-state index in [9.17, 15) is 9.90 Å². The molecule has 0 bridgehead atoms. The minimum Gasteiger partial charge on any atom is -0.465 e. The first-order chi connectivity index (χ1) is 16.1. The number of hydrogen-bond donors (Lipinski definition) is 1. The van der Waals surface area contributed by atoms with Crippen LogP contribution < -0.4 is 0 Å². The van der Waals surface area contributed by atoms with Crippen LogP contribution in [0.25, 0.3) is 12.2 Å². The first kappa shape index (κ1) is 29.3. The zero-order chi connectivity index (χ0) is 25.8. The smallest absolute Gasteiger partial charge is 0.311 e. The molecule has 0 aliphatic carbocycles. The third-order valence-electron chi connectivity index (χ3n) is 6.25. The standard InChI is InChI=1S/C28H36O4.C2H6/c1-7-22-9-13-24(14-10-22)17-19-31-26(29)27(4,5)21(3)28(6,30)32-20-18-25-15-11-23(8-2)12-16-25;1-2/h7-16,21,30H,1-2,17-20H2,3-6H3;1-2H3. The third kappa shape index (κ3) is 8.58. The SMILES string of the molecule is C=Cc1ccc(CCOC(=O)C(C)(C)C(C)C(C)(O)OCCc2ccc(C=C)cc2)cc1.CC. The molecule has 0 spiro atoms. The van der Waals surface area contributed by atoms with Gasteiger partial charge in [-0.1, -0.05) is 94.6 Å². The minimum atomic E-state index is -1.47. The highest BCUT2D eigenvalue weighted by Crippen LogP contribution is 2.37. The van der Waals surface area contributed by atoms with Gasteiger partial charge in [-0.05, 0) is 49.4 Å². The molecule has 34 heavy (non-hydrogen) atoms. The van der Waals surface area contributed by atoms with E-state index >= 15 is 0 Å². The van der Waals surface area contributed by atoms with E-state index in [1.807, 2.05) is 69.3 Å². The molecule has 0 aromatic heterocycles. The van der Waals surface area contributed by atoms with Crippen molar-refractivity contribution < 1.29 is 19.4 Å². The molecule has 0 aliphatic heterocycles. The summed E-state index contributed by atoms with van der Waals surface area (Å²) in [4.78, 5) is 12.8. The zero-order valence-electron chi connectivity index (χ0n) is 21.8. The van der Waals surface area contributed by atoms with E-state index in [2.05, 4.69) is 13.2 Å². The van der Waals surface area contributed by atoms with E-state index in [0.717, 1.165) is 22.3 Å². The Morgan fingerprint density at radius 1 is 0.882 bits per heavy atom. The van der Waals surface area contributed by atoms with Gasteiger partial charge in [0.1, 0.15) is 0 Å². The second-order valence-electron chi connectivity index (χ2n) is 8.87. The molecule has 2 rings (SSSR count). The molecule has 186 valence electrons. The van der Waals surface area contributed by atoms with Crippen LogP contribution in [0.15, 0.2) is 61.7 Å². The molecular formula is C30H42O4. The maximum absolute atomic E-state index is 12.8. The highest BCUT2D eigenvalue weighted by molar-refractivity contribution is 5.76. The lowest BCUT2D eigenvalue weighted by Crippen LogP contribution is -2.48. The van der Waals surface area contributed by atoms with Crippen molar-refractivity contribution in [1.29, 1.82) is 0 Å². The van der Waals surface area contributed by atoms with Crippen LogP contribution in [-0.4, -0.2) is 30.1 Å². The Bertz CT molecular complexity index is 892. The van der Waals surface area contributed by atoms with Crippen molar-refractivity contribution in [1.82, 2.24) is 0 Å². The Labute approximate surface area is 206 Å². The van der Waals surface area contributed by atoms with Crippen LogP contribution in [0.3, 0.4) is 0 Å². The molecule has 0 radical (unpaired) electrons. The monoisotopic (exact) mass is 466 g/mol. The molecule has 0 heterocycles. The van der Waals surface area contributed by atoms with Gasteiger partial charge in [-0.3, -0.25) is 4.79 Å². The van der Waals surface area contributed by atoms with Crippen LogP contribution in [0.2, 0.25) is 0 Å². The summed E-state index contributed by atoms with van der Waals surface area (Å²) in [7, 11) is 0. The molecule has 0 saturated heterocycles. The van der Waals surface area contributed by atoms with Crippen molar-refractivity contribution in [2.45, 2.75) is 60.2 Å². The fourth-order valence-corrected chi connectivity index (χ4v) is 3.44. The number of esters is 1. The van der Waals surface area contributed by atoms with Gasteiger partial charge in [0.2, 0.25) is 0 Å². The fraction of sp³-hybridized carbons (Fsp3) is 0.433. The van der Waals surface area contributed by atoms with Gasteiger partial charge in [-0.15, -0.1) is 0 Å². The highest BCUT2D eigenvalue weighted by Gasteiger charge is 2.45. The third-order valence-corrected chi connectivity index (χ3v) is 6.25. The molecule has 0 saturated carbocycles. The molecule has 2 atom stereocenters. The average Bonchev–Trinajstić information content (AvgIpc) is 2.85. The predicted octanol–water partition coefficient (Wildman–Crippen LogP) is 6.71. The lowest BCUT2D eigenvalue weighted by molar-refractivity contribution is -0.242. The summed E-state index contributed by atoms with van der Waals surface area (Å²) in [5, 5.41) is 10.9. The number of carbonyl (C=O) groups excluding carboxylic acids is 1. The summed E-state index contributed by atoms with van der Waals surface area (Å²) in [5.74, 6) is -2.29. The Kier molecular flexibility index (Phi) is 12.0. The van der Waals surface area contributed by atoms with Crippen LogP contribution in [0.4, 0.5) is 0 Å². The normalized spacial score (nSPS) is 13.6. The lowest BCUT2D eigenvalue weighted by atomic mass is 9.75. The maximum atomic E-state index is 12.8. The van der Waals surface area contributed by atoms with Gasteiger partial charge in [-0.25, -0.2) is 0 Å². The van der Waals surface area contributed by atoms with Crippen LogP contribution in [0.1, 0.15) is 63.8 Å². The van der Waals surface area contributed by atoms with Crippen molar-refractivity contribution in [3.63, 3.8) is 0 Å². The van der Waals surface area contributed by atoms with Crippen LogP contribution >= 0.6 is 0 Å². The van der Waals surface area contributed by atoms with Crippen molar-refractivity contribution in [2.24, 2.45) is 11.3 Å². The summed E-state index contributed by atoms with van der Waals surface area (Å²) in [6, 6.07) is 16.0. The summed E-state index contributed by atoms with van der Waals surface area (Å²) in [6.07, 6.45) is 4.88. The summed E-state index contributed by atoms with van der Waals surface area (Å²) in [6.45, 7) is 19.1. The lowest BCUT2D eigenvalue weighted by Gasteiger charge is -2.39. The van der Waals surface area contributed by atoms with Crippen LogP contribution in [0.5, 0.6) is 0 Å². The second-order valence-corrected chi connectivity index (χ2v) is 8.87. The zero-order valence-corrected chi connectivity index (χ0v) is 21.8. The first-order valence-corrected chi connectivity index (χ1v) is 12.1. The first-order valence-electron chi connectivity index (χ1n) is 12.1. The van der Waals surface area contributed by atoms with E-state index in [1.54, 1.807) is 32.9 Å². The Balaban J connectivity index is 0.00000281. The summed E-state index contributed by atoms with van der Waals surface area (Å²) < 4.78 is 11.3. The molecule has 4 heteroatoms. The molecule has 0 amide bonds. The Morgan fingerprint density at radius 2 is 1.29 bits per heavy atom. The van der Waals surface area contributed by atoms with Gasteiger partial charge in [0.05, 0.1) is 18.6 Å². The van der Waals surface area contributed by atoms with E-state index in [0.29, 0.717) is 19.4 Å². The quantitative estimate of drug-likeness (QED) is 0.279. The van der Waals surface area contributed by atoms with Gasteiger partial charge in [0.25, 0.3) is 0 Å². The Morgan fingerprint density at radius 3 is 1.71 bits per heavy atom. The molecule has 2 aromatic carbocycles. The van der Waals surface area contributed by atoms with Crippen molar-refractivity contribution in [3.8, 4) is 0 Å². The van der Waals surface area contributed by atoms with Gasteiger partial charge in [0, 0.05) is 12.3 Å². The van der Waals surface area contributed by atoms with E-state index < -0.39 is 17.1 Å². The minimum absolute atomic E-state index is 0.284. The van der Waals surface area contributed by atoms with E-state index in [-0.39, 0.29) is 12.6 Å². The largest absolute Gasteiger partial charge is 0.465 e. The predicted molar refractivity (Wildman–Crippen MR) is 142 cm³/mol. The molecule has 4 nitrogen and oxygen atoms in total. The summed E-state index contributed by atoms with van der Waals surface area (Å²) in [5.41, 5.74) is 3.40. The van der Waals surface area contributed by atoms with Crippen LogP contribution in [-0.2, 0) is 27.1 Å². The number of carbonyl (C=O) groups is 1. The number of hydrogen-bond acceptors (Lipinski definition) is 4. The summed E-state index contributed by atoms with van der Waals surface area (Å²) >= 11 is 0. The van der Waals surface area contributed by atoms with Gasteiger partial charge >= 0.3 is 5.97 Å². The number of rotatable bonds is 12. The van der Waals surface area contributed by atoms with E-state index in [1.165, 1.54) is 0 Å². The van der Waals surface area contributed by atoms with Crippen molar-refractivity contribution in [2.75, 3.05) is 13.2 Å². The van der Waals surface area contributed by atoms with Gasteiger partial charge < -0.3 is 14.6 Å². The highest BCUT2D eigenvalue weighted by atomic mass is 16.6. The number of benzene rings is 2. The maximum Gasteiger partial charge on any atom is 0.311 e. The fourth-order valence-electron chi connectivity index (χ4n) is 3.44. The second kappa shape index (κ2) is 13.9. The molecular weight excluding hydrogens is 424 g/mol. The number of aliphatic hydroxyl groups is 1. The molecule has 1 N–H and O–H groups in total. The molecule has 0 aliphatic rings. The number of ether oxygens (including phenoxy) is 2. The average molecular weight is 467 g/mol. The topological polar surface area (TPSA) is 55.8 Å². The van der Waals surface area contributed by atoms with Crippen molar-refractivity contribution >= 4 is 18.1 Å². The van der Waals surface area contributed by atoms with Gasteiger partial charge in [-0.2, -0.15) is 0 Å². The molecule has 2 aromatic rings. The van der Waals surface area contributed by atoms with Gasteiger partial charge in [0.15, 0.2) is 5.79 Å². The van der Waals surface area contributed by atoms with E-state index in [4.69, 9.17) is 9.47 Å². The molecule has 0 fully saturated rings. The van der Waals surface area contributed by atoms with Crippen molar-refractivity contribution in [3.05, 3.63) is 83.9 Å². The van der Waals surface area contributed by atoms with Crippen LogP contribution in [0, 0.1) is 11.3 Å². The Hall–Kier alpha value is -2.69.